The Balaban J connectivity index is 1.29. The molecule has 0 amide bonds. The maximum Gasteiger partial charge on any atom is 0.309 e. The van der Waals surface area contributed by atoms with Gasteiger partial charge in [-0.3, -0.25) is 4.79 Å². The highest BCUT2D eigenvalue weighted by Gasteiger charge is 2.60. The van der Waals surface area contributed by atoms with Crippen LogP contribution in [0.4, 0.5) is 0 Å². The first kappa shape index (κ1) is 39.3. The first-order valence-electron chi connectivity index (χ1n) is 21.8. The van der Waals surface area contributed by atoms with Gasteiger partial charge < -0.3 is 4.74 Å². The Kier molecular flexibility index (Phi) is 16.0. The molecule has 0 bridgehead atoms. The van der Waals surface area contributed by atoms with Crippen LogP contribution in [0.5, 0.6) is 0 Å². The Labute approximate surface area is 294 Å². The van der Waals surface area contributed by atoms with Crippen LogP contribution in [-0.2, 0) is 9.53 Å². The lowest BCUT2D eigenvalue weighted by Gasteiger charge is -2.61. The van der Waals surface area contributed by atoms with Crippen LogP contribution >= 0.6 is 0 Å². The molecule has 274 valence electrons. The van der Waals surface area contributed by atoms with Crippen LogP contribution in [0.3, 0.4) is 0 Å². The summed E-state index contributed by atoms with van der Waals surface area (Å²) in [6.07, 6.45) is 34.5. The molecular formula is C45H82O2. The lowest BCUT2D eigenvalue weighted by molar-refractivity contribution is -0.167. The largest absolute Gasteiger partial charge is 0.462 e. The van der Waals surface area contributed by atoms with Gasteiger partial charge in [0.15, 0.2) is 0 Å². The molecule has 0 aromatic heterocycles. The summed E-state index contributed by atoms with van der Waals surface area (Å²) < 4.78 is 6.51. The molecule has 2 heteroatoms. The molecule has 0 saturated heterocycles. The van der Waals surface area contributed by atoms with E-state index in [1.165, 1.54) is 141 Å². The van der Waals surface area contributed by atoms with Gasteiger partial charge >= 0.3 is 5.97 Å². The summed E-state index contributed by atoms with van der Waals surface area (Å²) >= 11 is 0. The monoisotopic (exact) mass is 655 g/mol. The summed E-state index contributed by atoms with van der Waals surface area (Å²) in [7, 11) is 0. The van der Waals surface area contributed by atoms with E-state index in [1.807, 2.05) is 0 Å². The number of fused-ring (bicyclic) bond motifs is 5. The molecule has 0 aliphatic heterocycles. The van der Waals surface area contributed by atoms with Gasteiger partial charge in [0.05, 0.1) is 5.92 Å². The quantitative estimate of drug-likeness (QED) is 0.0909. The summed E-state index contributed by atoms with van der Waals surface area (Å²) in [5, 5.41) is 0. The lowest BCUT2D eigenvalue weighted by Crippen LogP contribution is -2.54. The second-order valence-electron chi connectivity index (χ2n) is 18.8. The minimum Gasteiger partial charge on any atom is -0.462 e. The molecule has 4 aliphatic rings. The third-order valence-electron chi connectivity index (χ3n) is 15.2. The van der Waals surface area contributed by atoms with Crippen LogP contribution in [0, 0.1) is 58.2 Å². The van der Waals surface area contributed by atoms with E-state index in [2.05, 4.69) is 48.5 Å². The van der Waals surface area contributed by atoms with Crippen molar-refractivity contribution in [1.29, 1.82) is 0 Å². The van der Waals surface area contributed by atoms with Gasteiger partial charge in [0, 0.05) is 0 Å². The summed E-state index contributed by atoms with van der Waals surface area (Å²) in [6.45, 7) is 17.4. The molecule has 9 atom stereocenters. The van der Waals surface area contributed by atoms with Crippen molar-refractivity contribution in [2.24, 2.45) is 58.2 Å². The average Bonchev–Trinajstić information content (AvgIpc) is 3.40. The van der Waals surface area contributed by atoms with Crippen LogP contribution in [0.25, 0.3) is 0 Å². The molecule has 4 rings (SSSR count). The van der Waals surface area contributed by atoms with Gasteiger partial charge in [-0.25, -0.2) is 0 Å². The van der Waals surface area contributed by atoms with E-state index < -0.39 is 0 Å². The molecule has 2 nitrogen and oxygen atoms in total. The summed E-state index contributed by atoms with van der Waals surface area (Å²) in [5.74, 6) is 6.54. The normalized spacial score (nSPS) is 34.2. The minimum atomic E-state index is 0.135. The predicted octanol–water partition coefficient (Wildman–Crippen LogP) is 14.1. The van der Waals surface area contributed by atoms with Crippen LogP contribution < -0.4 is 0 Å². The first-order chi connectivity index (χ1) is 22.6. The van der Waals surface area contributed by atoms with Crippen LogP contribution in [0.2, 0.25) is 0 Å². The number of carbonyl (C=O) groups excluding carboxylic acids is 1. The molecule has 4 fully saturated rings. The summed E-state index contributed by atoms with van der Waals surface area (Å²) in [5.41, 5.74) is 1.04. The van der Waals surface area contributed by atoms with Gasteiger partial charge in [-0.1, -0.05) is 145 Å². The third-order valence-corrected chi connectivity index (χ3v) is 15.2. The zero-order valence-electron chi connectivity index (χ0n) is 32.9. The second kappa shape index (κ2) is 19.2. The number of rotatable bonds is 21. The molecule has 0 spiro atoms. The smallest absolute Gasteiger partial charge is 0.309 e. The Hall–Kier alpha value is -0.530. The molecule has 0 aromatic rings. The van der Waals surface area contributed by atoms with E-state index in [1.54, 1.807) is 0 Å². The first-order valence-corrected chi connectivity index (χ1v) is 21.8. The number of hydrogen-bond donors (Lipinski definition) is 0. The van der Waals surface area contributed by atoms with Crippen molar-refractivity contribution in [2.45, 2.75) is 222 Å². The number of hydrogen-bond acceptors (Lipinski definition) is 2. The van der Waals surface area contributed by atoms with Crippen LogP contribution in [0.15, 0.2) is 0 Å². The Bertz CT molecular complexity index is 878. The van der Waals surface area contributed by atoms with Crippen molar-refractivity contribution in [3.8, 4) is 0 Å². The van der Waals surface area contributed by atoms with Crippen LogP contribution in [0.1, 0.15) is 215 Å². The van der Waals surface area contributed by atoms with Gasteiger partial charge in [0.2, 0.25) is 0 Å². The number of esters is 1. The second-order valence-corrected chi connectivity index (χ2v) is 18.8. The third kappa shape index (κ3) is 10.3. The fourth-order valence-corrected chi connectivity index (χ4v) is 12.3. The molecule has 4 aliphatic carbocycles. The molecule has 0 aromatic carbocycles. The van der Waals surface area contributed by atoms with Gasteiger partial charge in [0.1, 0.15) is 6.10 Å². The lowest BCUT2D eigenvalue weighted by atomic mass is 9.44. The standard InChI is InChI=1S/C45H82O2/c1-8-10-12-14-16-18-23-36(24-19-17-15-13-11-9-2)43(46)47-38-29-31-44(6)37(33-38)25-26-39-41-28-27-40(35(5)22-20-21-34(3)4)45(41,7)32-30-42(39)44/h34-42H,8-33H2,1-7H3/t35-,37?,38+,39+,40-,41+,42+,44+,45-/m1/s1. The van der Waals surface area contributed by atoms with Crippen molar-refractivity contribution in [2.75, 3.05) is 0 Å². The van der Waals surface area contributed by atoms with Gasteiger partial charge in [-0.2, -0.15) is 0 Å². The zero-order chi connectivity index (χ0) is 33.9. The van der Waals surface area contributed by atoms with Gasteiger partial charge in [-0.15, -0.1) is 0 Å². The maximum absolute atomic E-state index is 13.7. The molecule has 4 saturated carbocycles. The van der Waals surface area contributed by atoms with Crippen molar-refractivity contribution < 1.29 is 9.53 Å². The molecule has 0 heterocycles. The van der Waals surface area contributed by atoms with Crippen molar-refractivity contribution in [1.82, 2.24) is 0 Å². The Morgan fingerprint density at radius 3 is 1.87 bits per heavy atom. The highest BCUT2D eigenvalue weighted by Crippen LogP contribution is 2.68. The Morgan fingerprint density at radius 1 is 0.638 bits per heavy atom. The van der Waals surface area contributed by atoms with Crippen LogP contribution in [-0.4, -0.2) is 12.1 Å². The molecule has 47 heavy (non-hydrogen) atoms. The average molecular weight is 655 g/mol. The predicted molar refractivity (Wildman–Crippen MR) is 202 cm³/mol. The fourth-order valence-electron chi connectivity index (χ4n) is 12.3. The Morgan fingerprint density at radius 2 is 1.23 bits per heavy atom. The molecule has 0 N–H and O–H groups in total. The minimum absolute atomic E-state index is 0.135. The van der Waals surface area contributed by atoms with Gasteiger partial charge in [0.25, 0.3) is 0 Å². The molecular weight excluding hydrogens is 572 g/mol. The summed E-state index contributed by atoms with van der Waals surface area (Å²) in [4.78, 5) is 13.7. The van der Waals surface area contributed by atoms with Crippen molar-refractivity contribution in [3.05, 3.63) is 0 Å². The van der Waals surface area contributed by atoms with E-state index in [-0.39, 0.29) is 18.0 Å². The zero-order valence-corrected chi connectivity index (χ0v) is 32.9. The SMILES string of the molecule is CCCCCCCCC(CCCCCCCC)C(=O)O[C@H]1CC[C@@]2(C)C(CC[C@H]3[C@@H]4CC[C@H]([C@H](C)CCCC(C)C)[C@@]4(C)CC[C@@H]32)C1. The van der Waals surface area contributed by atoms with E-state index in [4.69, 9.17) is 4.74 Å². The maximum atomic E-state index is 13.7. The van der Waals surface area contributed by atoms with E-state index in [9.17, 15) is 4.79 Å². The number of carbonyl (C=O) groups is 1. The van der Waals surface area contributed by atoms with Crippen molar-refractivity contribution in [3.63, 3.8) is 0 Å². The highest BCUT2D eigenvalue weighted by molar-refractivity contribution is 5.72. The molecule has 0 radical (unpaired) electrons. The fraction of sp³-hybridized carbons (Fsp3) is 0.978. The van der Waals surface area contributed by atoms with E-state index in [0.29, 0.717) is 10.8 Å². The topological polar surface area (TPSA) is 26.3 Å². The molecule has 1 unspecified atom stereocenters. The highest BCUT2D eigenvalue weighted by atomic mass is 16.5. The van der Waals surface area contributed by atoms with E-state index in [0.717, 1.165) is 67.1 Å². The van der Waals surface area contributed by atoms with Gasteiger partial charge in [-0.05, 0) is 123 Å². The van der Waals surface area contributed by atoms with Crippen molar-refractivity contribution >= 4 is 5.97 Å². The number of unbranched alkanes of at least 4 members (excludes halogenated alkanes) is 10. The summed E-state index contributed by atoms with van der Waals surface area (Å²) in [6, 6.07) is 0. The van der Waals surface area contributed by atoms with E-state index >= 15 is 0 Å². The number of ether oxygens (including phenoxy) is 1.